The van der Waals surface area contributed by atoms with Gasteiger partial charge in [0.25, 0.3) is 0 Å². The van der Waals surface area contributed by atoms with E-state index < -0.39 is 17.3 Å². The molecule has 10 heteroatoms. The summed E-state index contributed by atoms with van der Waals surface area (Å²) in [6.07, 6.45) is 5.72. The summed E-state index contributed by atoms with van der Waals surface area (Å²) in [5, 5.41) is 8.90. The first kappa shape index (κ1) is 30.8. The summed E-state index contributed by atoms with van der Waals surface area (Å²) in [7, 11) is 0. The lowest BCUT2D eigenvalue weighted by Gasteiger charge is -2.31. The number of hydrogen-bond donors (Lipinski definition) is 4. The molecule has 5 N–H and O–H groups in total. The number of piperidine rings is 2. The van der Waals surface area contributed by atoms with E-state index in [-0.39, 0.29) is 12.1 Å². The summed E-state index contributed by atoms with van der Waals surface area (Å²) in [6, 6.07) is -0.357. The van der Waals surface area contributed by atoms with Crippen molar-refractivity contribution < 1.29 is 23.9 Å². The molecule has 2 aliphatic heterocycles. The molecule has 4 amide bonds. The van der Waals surface area contributed by atoms with Gasteiger partial charge in [-0.3, -0.25) is 0 Å². The highest BCUT2D eigenvalue weighted by molar-refractivity contribution is 5.72. The van der Waals surface area contributed by atoms with Crippen LogP contribution in [0.5, 0.6) is 0 Å². The van der Waals surface area contributed by atoms with E-state index in [0.717, 1.165) is 45.3 Å². The van der Waals surface area contributed by atoms with Gasteiger partial charge >= 0.3 is 18.2 Å². The fourth-order valence-corrected chi connectivity index (χ4v) is 4.06. The number of carbonyl (C=O) groups excluding carboxylic acids is 3. The van der Waals surface area contributed by atoms with Gasteiger partial charge in [-0.25, -0.2) is 14.4 Å². The Morgan fingerprint density at radius 2 is 1.40 bits per heavy atom. The van der Waals surface area contributed by atoms with Crippen LogP contribution in [-0.4, -0.2) is 73.6 Å². The van der Waals surface area contributed by atoms with Crippen LogP contribution < -0.4 is 21.7 Å². The molecule has 0 aromatic carbocycles. The second kappa shape index (κ2) is 15.0. The van der Waals surface area contributed by atoms with Crippen molar-refractivity contribution in [3.63, 3.8) is 0 Å². The lowest BCUT2D eigenvalue weighted by atomic mass is 9.95. The third-order valence-corrected chi connectivity index (χ3v) is 5.67. The maximum Gasteiger partial charge on any atom is 0.407 e. The van der Waals surface area contributed by atoms with E-state index in [0.29, 0.717) is 31.5 Å². The SMILES string of the molecule is CC(C)(C)OC(=O)NCCC1CCCN(C(N)=O)C1.CC(C)(C)OC(=O)NCCC1CCCNC1. The maximum atomic E-state index is 11.5. The molecule has 2 fully saturated rings. The summed E-state index contributed by atoms with van der Waals surface area (Å²) >= 11 is 0. The standard InChI is InChI=1S/C13H25N3O3.C12H24N2O2/c1-13(2,3)19-12(18)15-7-6-10-5-4-8-16(9-10)11(14)17;1-12(2,3)16-11(15)14-8-6-10-5-4-7-13-9-10/h10H,4-9H2,1-3H3,(H2,14,17)(H,15,18);10,13H,4-9H2,1-3H3,(H,14,15). The molecule has 35 heavy (non-hydrogen) atoms. The molecule has 2 unspecified atom stereocenters. The van der Waals surface area contributed by atoms with Gasteiger partial charge in [0.1, 0.15) is 11.2 Å². The molecule has 204 valence electrons. The molecule has 2 rings (SSSR count). The van der Waals surface area contributed by atoms with Crippen LogP contribution in [0.25, 0.3) is 0 Å². The number of amides is 4. The zero-order valence-electron chi connectivity index (χ0n) is 22.7. The molecule has 2 aliphatic rings. The average Bonchev–Trinajstić information content (AvgIpc) is 2.72. The van der Waals surface area contributed by atoms with Crippen molar-refractivity contribution in [3.8, 4) is 0 Å². The Morgan fingerprint density at radius 3 is 1.86 bits per heavy atom. The summed E-state index contributed by atoms with van der Waals surface area (Å²) in [6.45, 7) is 16.0. The van der Waals surface area contributed by atoms with Crippen LogP contribution in [0.2, 0.25) is 0 Å². The monoisotopic (exact) mass is 499 g/mol. The van der Waals surface area contributed by atoms with Gasteiger partial charge in [0.15, 0.2) is 0 Å². The number of carbonyl (C=O) groups is 3. The second-order valence-electron chi connectivity index (χ2n) is 11.4. The zero-order chi connectivity index (χ0) is 26.5. The van der Waals surface area contributed by atoms with Gasteiger partial charge in [-0.05, 0) is 105 Å². The van der Waals surface area contributed by atoms with Crippen LogP contribution >= 0.6 is 0 Å². The Hall–Kier alpha value is -2.23. The molecular weight excluding hydrogens is 450 g/mol. The minimum atomic E-state index is -0.475. The molecule has 10 nitrogen and oxygen atoms in total. The van der Waals surface area contributed by atoms with Gasteiger partial charge in [0.2, 0.25) is 0 Å². The number of alkyl carbamates (subject to hydrolysis) is 2. The molecule has 0 bridgehead atoms. The molecule has 0 spiro atoms. The van der Waals surface area contributed by atoms with Crippen LogP contribution in [0.4, 0.5) is 14.4 Å². The van der Waals surface area contributed by atoms with Crippen molar-refractivity contribution in [2.24, 2.45) is 17.6 Å². The third-order valence-electron chi connectivity index (χ3n) is 5.67. The fourth-order valence-electron chi connectivity index (χ4n) is 4.06. The van der Waals surface area contributed by atoms with E-state index in [2.05, 4.69) is 16.0 Å². The third kappa shape index (κ3) is 16.1. The van der Waals surface area contributed by atoms with Gasteiger partial charge in [-0.1, -0.05) is 0 Å². The fraction of sp³-hybridized carbons (Fsp3) is 0.880. The van der Waals surface area contributed by atoms with Crippen molar-refractivity contribution in [2.75, 3.05) is 39.3 Å². The molecule has 0 aliphatic carbocycles. The van der Waals surface area contributed by atoms with Crippen LogP contribution in [-0.2, 0) is 9.47 Å². The number of ether oxygens (including phenoxy) is 2. The number of primary amides is 1. The number of hydrogen-bond acceptors (Lipinski definition) is 6. The molecule has 2 saturated heterocycles. The lowest BCUT2D eigenvalue weighted by molar-refractivity contribution is 0.0511. The Bertz CT molecular complexity index is 654. The average molecular weight is 500 g/mol. The van der Waals surface area contributed by atoms with Crippen molar-refractivity contribution in [1.29, 1.82) is 0 Å². The van der Waals surface area contributed by atoms with Gasteiger partial charge in [0, 0.05) is 26.2 Å². The van der Waals surface area contributed by atoms with Crippen LogP contribution in [0, 0.1) is 11.8 Å². The van der Waals surface area contributed by atoms with Crippen molar-refractivity contribution in [3.05, 3.63) is 0 Å². The van der Waals surface area contributed by atoms with Crippen molar-refractivity contribution in [1.82, 2.24) is 20.9 Å². The Morgan fingerprint density at radius 1 is 0.886 bits per heavy atom. The number of nitrogens with zero attached hydrogens (tertiary/aromatic N) is 1. The summed E-state index contributed by atoms with van der Waals surface area (Å²) < 4.78 is 10.3. The van der Waals surface area contributed by atoms with Gasteiger partial charge in [-0.15, -0.1) is 0 Å². The van der Waals surface area contributed by atoms with Gasteiger partial charge < -0.3 is 36.1 Å². The first-order valence-corrected chi connectivity index (χ1v) is 12.9. The predicted molar refractivity (Wildman–Crippen MR) is 137 cm³/mol. The smallest absolute Gasteiger partial charge is 0.407 e. The zero-order valence-corrected chi connectivity index (χ0v) is 22.7. The first-order chi connectivity index (χ1) is 16.2. The highest BCUT2D eigenvalue weighted by Crippen LogP contribution is 2.19. The quantitative estimate of drug-likeness (QED) is 0.441. The number of nitrogens with two attached hydrogens (primary N) is 1. The number of rotatable bonds is 6. The van der Waals surface area contributed by atoms with E-state index >= 15 is 0 Å². The topological polar surface area (TPSA) is 135 Å². The molecule has 0 radical (unpaired) electrons. The van der Waals surface area contributed by atoms with E-state index in [1.54, 1.807) is 4.90 Å². The van der Waals surface area contributed by atoms with Crippen LogP contribution in [0.3, 0.4) is 0 Å². The largest absolute Gasteiger partial charge is 0.444 e. The number of nitrogens with one attached hydrogen (secondary N) is 3. The molecule has 0 aromatic heterocycles. The Balaban J connectivity index is 0.000000355. The normalized spacial score (nSPS) is 20.7. The maximum absolute atomic E-state index is 11.5. The molecular formula is C25H49N5O5. The van der Waals surface area contributed by atoms with Crippen molar-refractivity contribution in [2.45, 2.75) is 91.3 Å². The van der Waals surface area contributed by atoms with Gasteiger partial charge in [0.05, 0.1) is 0 Å². The molecule has 0 aromatic rings. The molecule has 2 atom stereocenters. The molecule has 0 saturated carbocycles. The highest BCUT2D eigenvalue weighted by atomic mass is 16.6. The number of likely N-dealkylation sites (tertiary alicyclic amines) is 1. The summed E-state index contributed by atoms with van der Waals surface area (Å²) in [5.41, 5.74) is 4.39. The van der Waals surface area contributed by atoms with Gasteiger partial charge in [-0.2, -0.15) is 0 Å². The highest BCUT2D eigenvalue weighted by Gasteiger charge is 2.22. The van der Waals surface area contributed by atoms with Crippen LogP contribution in [0.15, 0.2) is 0 Å². The number of urea groups is 1. The van der Waals surface area contributed by atoms with E-state index in [9.17, 15) is 14.4 Å². The summed E-state index contributed by atoms with van der Waals surface area (Å²) in [4.78, 5) is 35.6. The minimum absolute atomic E-state index is 0.309. The minimum Gasteiger partial charge on any atom is -0.444 e. The Kier molecular flexibility index (Phi) is 13.2. The van der Waals surface area contributed by atoms with E-state index in [1.807, 2.05) is 41.5 Å². The Labute approximate surface area is 211 Å². The summed E-state index contributed by atoms with van der Waals surface area (Å²) in [5.74, 6) is 1.10. The lowest BCUT2D eigenvalue weighted by Crippen LogP contribution is -2.43. The second-order valence-corrected chi connectivity index (χ2v) is 11.4. The molecule has 2 heterocycles. The first-order valence-electron chi connectivity index (χ1n) is 12.9. The van der Waals surface area contributed by atoms with E-state index in [1.165, 1.54) is 12.8 Å². The predicted octanol–water partition coefficient (Wildman–Crippen LogP) is 3.59. The van der Waals surface area contributed by atoms with Crippen molar-refractivity contribution >= 4 is 18.2 Å². The van der Waals surface area contributed by atoms with E-state index in [4.69, 9.17) is 15.2 Å². The van der Waals surface area contributed by atoms with Crippen LogP contribution in [0.1, 0.15) is 80.1 Å².